The molecule has 28 heavy (non-hydrogen) atoms. The fourth-order valence-electron chi connectivity index (χ4n) is 3.64. The second kappa shape index (κ2) is 6.46. The summed E-state index contributed by atoms with van der Waals surface area (Å²) >= 11 is 0. The molecule has 1 aliphatic heterocycles. The summed E-state index contributed by atoms with van der Waals surface area (Å²) < 4.78 is 11.5. The van der Waals surface area contributed by atoms with Crippen LogP contribution in [0.15, 0.2) is 65.5 Å². The minimum absolute atomic E-state index is 0.203. The van der Waals surface area contributed by atoms with Crippen LogP contribution in [-0.2, 0) is 6.61 Å². The monoisotopic (exact) mass is 370 g/mol. The lowest BCUT2D eigenvalue weighted by Crippen LogP contribution is -1.99. The third kappa shape index (κ3) is 2.77. The maximum absolute atomic E-state index is 11.6. The molecule has 3 aromatic carbocycles. The number of hydrogen-bond donors (Lipinski definition) is 2. The van der Waals surface area contributed by atoms with E-state index in [1.165, 1.54) is 0 Å². The number of hydrogen-bond acceptors (Lipinski definition) is 3. The van der Waals surface area contributed by atoms with Crippen LogP contribution in [0.3, 0.4) is 0 Å². The third-order valence-corrected chi connectivity index (χ3v) is 5.02. The highest BCUT2D eigenvalue weighted by Crippen LogP contribution is 2.39. The maximum Gasteiger partial charge on any atom is 0.323 e. The SMILES string of the molecule is COc1ccc2c(c1)OCc1ccccc1/C2=C\c1ccc2[nH]c(=O)[nH]c2c1. The standard InChI is InChI=1S/C23H18N2O3/c1-27-16-7-8-18-19(10-14-6-9-20-21(11-14)25-23(26)24-20)17-5-3-2-4-15(17)13-28-22(18)12-16/h2-12H,13H2,1H3,(H2,24,25,26)/b19-10+. The number of aromatic amines is 2. The molecule has 0 aliphatic carbocycles. The van der Waals surface area contributed by atoms with E-state index < -0.39 is 0 Å². The lowest BCUT2D eigenvalue weighted by atomic mass is 9.92. The normalized spacial score (nSPS) is 14.2. The van der Waals surface area contributed by atoms with Crippen LogP contribution in [0.5, 0.6) is 11.5 Å². The molecule has 2 N–H and O–H groups in total. The number of methoxy groups -OCH3 is 1. The minimum atomic E-state index is -0.203. The van der Waals surface area contributed by atoms with Gasteiger partial charge in [0, 0.05) is 11.6 Å². The first kappa shape index (κ1) is 16.4. The first-order valence-corrected chi connectivity index (χ1v) is 9.04. The minimum Gasteiger partial charge on any atom is -0.497 e. The summed E-state index contributed by atoms with van der Waals surface area (Å²) in [6.07, 6.45) is 2.13. The van der Waals surface area contributed by atoms with Gasteiger partial charge in [-0.3, -0.25) is 0 Å². The highest BCUT2D eigenvalue weighted by atomic mass is 16.5. The molecule has 0 unspecified atom stereocenters. The Hall–Kier alpha value is -3.73. The zero-order valence-electron chi connectivity index (χ0n) is 15.3. The van der Waals surface area contributed by atoms with Gasteiger partial charge in [-0.2, -0.15) is 0 Å². The summed E-state index contributed by atoms with van der Waals surface area (Å²) in [5.41, 5.74) is 6.71. The van der Waals surface area contributed by atoms with Crippen LogP contribution in [0.2, 0.25) is 0 Å². The van der Waals surface area contributed by atoms with Gasteiger partial charge >= 0.3 is 5.69 Å². The average molecular weight is 370 g/mol. The molecule has 5 heteroatoms. The molecule has 4 aromatic rings. The van der Waals surface area contributed by atoms with E-state index in [0.717, 1.165) is 50.4 Å². The van der Waals surface area contributed by atoms with Crippen molar-refractivity contribution in [3.8, 4) is 11.5 Å². The molecule has 0 saturated carbocycles. The topological polar surface area (TPSA) is 67.1 Å². The van der Waals surface area contributed by atoms with Crippen molar-refractivity contribution in [1.29, 1.82) is 0 Å². The molecular weight excluding hydrogens is 352 g/mol. The van der Waals surface area contributed by atoms with Gasteiger partial charge in [-0.15, -0.1) is 0 Å². The Morgan fingerprint density at radius 2 is 1.82 bits per heavy atom. The smallest absolute Gasteiger partial charge is 0.323 e. The molecule has 0 amide bonds. The van der Waals surface area contributed by atoms with Crippen LogP contribution in [0.1, 0.15) is 22.3 Å². The number of aromatic nitrogens is 2. The molecular formula is C23H18N2O3. The zero-order valence-corrected chi connectivity index (χ0v) is 15.3. The van der Waals surface area contributed by atoms with Crippen LogP contribution in [0.25, 0.3) is 22.7 Å². The second-order valence-electron chi connectivity index (χ2n) is 6.75. The van der Waals surface area contributed by atoms with Crippen molar-refractivity contribution in [1.82, 2.24) is 9.97 Å². The van der Waals surface area contributed by atoms with Crippen LogP contribution in [0, 0.1) is 0 Å². The van der Waals surface area contributed by atoms with Crippen LogP contribution >= 0.6 is 0 Å². The Labute approximate surface area is 161 Å². The quantitative estimate of drug-likeness (QED) is 0.551. The summed E-state index contributed by atoms with van der Waals surface area (Å²) in [5.74, 6) is 1.55. The van der Waals surface area contributed by atoms with E-state index in [0.29, 0.717) is 6.61 Å². The Morgan fingerprint density at radius 3 is 2.71 bits per heavy atom. The van der Waals surface area contributed by atoms with Crippen LogP contribution in [0.4, 0.5) is 0 Å². The van der Waals surface area contributed by atoms with Gasteiger partial charge in [0.1, 0.15) is 18.1 Å². The summed E-state index contributed by atoms with van der Waals surface area (Å²) in [6.45, 7) is 0.498. The molecule has 5 rings (SSSR count). The second-order valence-corrected chi connectivity index (χ2v) is 6.75. The number of imidazole rings is 1. The van der Waals surface area contributed by atoms with Crippen molar-refractivity contribution in [2.45, 2.75) is 6.61 Å². The van der Waals surface area contributed by atoms with Crippen molar-refractivity contribution in [2.24, 2.45) is 0 Å². The van der Waals surface area contributed by atoms with Crippen molar-refractivity contribution in [3.05, 3.63) is 93.4 Å². The van der Waals surface area contributed by atoms with E-state index in [1.54, 1.807) is 7.11 Å². The van der Waals surface area contributed by atoms with Gasteiger partial charge in [-0.05, 0) is 52.6 Å². The summed E-state index contributed by atoms with van der Waals surface area (Å²) in [7, 11) is 1.65. The Kier molecular flexibility index (Phi) is 3.79. The van der Waals surface area contributed by atoms with E-state index in [1.807, 2.05) is 48.5 Å². The molecule has 138 valence electrons. The molecule has 1 aliphatic rings. The van der Waals surface area contributed by atoms with Crippen molar-refractivity contribution < 1.29 is 9.47 Å². The van der Waals surface area contributed by atoms with Gasteiger partial charge < -0.3 is 19.4 Å². The predicted octanol–water partition coefficient (Wildman–Crippen LogP) is 4.35. The molecule has 0 fully saturated rings. The fourth-order valence-corrected chi connectivity index (χ4v) is 3.64. The number of benzene rings is 3. The van der Waals surface area contributed by atoms with Gasteiger partial charge in [0.25, 0.3) is 0 Å². The van der Waals surface area contributed by atoms with Crippen LogP contribution < -0.4 is 15.2 Å². The van der Waals surface area contributed by atoms with Gasteiger partial charge in [-0.25, -0.2) is 4.79 Å². The highest BCUT2D eigenvalue weighted by molar-refractivity contribution is 5.96. The Bertz CT molecular complexity index is 1280. The molecule has 0 bridgehead atoms. The lowest BCUT2D eigenvalue weighted by Gasteiger charge is -2.12. The molecule has 0 saturated heterocycles. The predicted molar refractivity (Wildman–Crippen MR) is 110 cm³/mol. The van der Waals surface area contributed by atoms with E-state index in [4.69, 9.17) is 9.47 Å². The van der Waals surface area contributed by atoms with Gasteiger partial charge in [0.05, 0.1) is 18.1 Å². The number of H-pyrrole nitrogens is 2. The van der Waals surface area contributed by atoms with Crippen LogP contribution in [-0.4, -0.2) is 17.1 Å². The third-order valence-electron chi connectivity index (χ3n) is 5.02. The summed E-state index contributed by atoms with van der Waals surface area (Å²) in [4.78, 5) is 17.2. The zero-order chi connectivity index (χ0) is 19.1. The molecule has 0 radical (unpaired) electrons. The Balaban J connectivity index is 1.73. The molecule has 5 nitrogen and oxygen atoms in total. The van der Waals surface area contributed by atoms with E-state index in [2.05, 4.69) is 28.2 Å². The van der Waals surface area contributed by atoms with Gasteiger partial charge in [0.2, 0.25) is 0 Å². The van der Waals surface area contributed by atoms with E-state index in [9.17, 15) is 4.79 Å². The number of nitrogens with one attached hydrogen (secondary N) is 2. The highest BCUT2D eigenvalue weighted by Gasteiger charge is 2.19. The van der Waals surface area contributed by atoms with Gasteiger partial charge in [-0.1, -0.05) is 30.3 Å². The fraction of sp³-hybridized carbons (Fsp3) is 0.0870. The number of rotatable bonds is 2. The van der Waals surface area contributed by atoms with E-state index >= 15 is 0 Å². The first-order valence-electron chi connectivity index (χ1n) is 9.04. The van der Waals surface area contributed by atoms with Crippen molar-refractivity contribution in [2.75, 3.05) is 7.11 Å². The first-order chi connectivity index (χ1) is 13.7. The molecule has 2 heterocycles. The number of fused-ring (bicyclic) bond motifs is 3. The Morgan fingerprint density at radius 1 is 0.964 bits per heavy atom. The van der Waals surface area contributed by atoms with E-state index in [-0.39, 0.29) is 5.69 Å². The average Bonchev–Trinajstić information content (AvgIpc) is 3.02. The van der Waals surface area contributed by atoms with Crippen molar-refractivity contribution in [3.63, 3.8) is 0 Å². The van der Waals surface area contributed by atoms with Crippen molar-refractivity contribution >= 4 is 22.7 Å². The molecule has 0 atom stereocenters. The van der Waals surface area contributed by atoms with Gasteiger partial charge in [0.15, 0.2) is 0 Å². The summed E-state index contributed by atoms with van der Waals surface area (Å²) in [5, 5.41) is 0. The maximum atomic E-state index is 11.6. The molecule has 1 aromatic heterocycles. The summed E-state index contributed by atoms with van der Waals surface area (Å²) in [6, 6.07) is 20.0. The number of ether oxygens (including phenoxy) is 2. The lowest BCUT2D eigenvalue weighted by molar-refractivity contribution is 0.304. The largest absolute Gasteiger partial charge is 0.497 e. The molecule has 0 spiro atoms.